The molecule has 0 aliphatic heterocycles. The molecule has 0 spiro atoms. The van der Waals surface area contributed by atoms with Crippen LogP contribution in [-0.2, 0) is 12.8 Å². The second-order valence-corrected chi connectivity index (χ2v) is 6.81. The summed E-state index contributed by atoms with van der Waals surface area (Å²) in [5.74, 6) is 1.95. The van der Waals surface area contributed by atoms with Gasteiger partial charge in [0.2, 0.25) is 11.8 Å². The largest absolute Gasteiger partial charge is 0.420 e. The van der Waals surface area contributed by atoms with E-state index in [1.54, 1.807) is 4.57 Å². The Morgan fingerprint density at radius 3 is 2.41 bits per heavy atom. The van der Waals surface area contributed by atoms with Gasteiger partial charge in [-0.3, -0.25) is 0 Å². The van der Waals surface area contributed by atoms with Crippen molar-refractivity contribution in [3.63, 3.8) is 0 Å². The molecule has 0 bridgehead atoms. The van der Waals surface area contributed by atoms with Crippen molar-refractivity contribution in [1.29, 1.82) is 0 Å². The van der Waals surface area contributed by atoms with Crippen LogP contribution in [0.2, 0.25) is 0 Å². The van der Waals surface area contributed by atoms with Crippen molar-refractivity contribution in [2.75, 3.05) is 0 Å². The molecule has 8 heteroatoms. The monoisotopic (exact) mass is 379 g/mol. The van der Waals surface area contributed by atoms with Gasteiger partial charge in [0, 0.05) is 12.6 Å². The van der Waals surface area contributed by atoms with Gasteiger partial charge in [0.05, 0.1) is 5.75 Å². The van der Waals surface area contributed by atoms with Crippen molar-refractivity contribution >= 4 is 11.8 Å². The average Bonchev–Trinajstić information content (AvgIpc) is 3.34. The van der Waals surface area contributed by atoms with Crippen LogP contribution in [0.4, 0.5) is 0 Å². The number of hydrogen-bond acceptors (Lipinski definition) is 7. The van der Waals surface area contributed by atoms with Crippen LogP contribution < -0.4 is 0 Å². The lowest BCUT2D eigenvalue weighted by Crippen LogP contribution is -2.07. The maximum atomic E-state index is 10.5. The lowest BCUT2D eigenvalue weighted by molar-refractivity contribution is 0.205. The summed E-state index contributed by atoms with van der Waals surface area (Å²) in [6, 6.07) is 19.0. The van der Waals surface area contributed by atoms with Crippen LogP contribution in [0.1, 0.15) is 23.4 Å². The molecule has 2 aromatic carbocycles. The summed E-state index contributed by atoms with van der Waals surface area (Å²) in [7, 11) is 1.83. The molecule has 0 saturated carbocycles. The molecule has 0 amide bonds. The van der Waals surface area contributed by atoms with E-state index in [2.05, 4.69) is 20.4 Å². The highest BCUT2D eigenvalue weighted by molar-refractivity contribution is 7.98. The van der Waals surface area contributed by atoms with Gasteiger partial charge in [-0.2, -0.15) is 0 Å². The van der Waals surface area contributed by atoms with Crippen molar-refractivity contribution in [2.24, 2.45) is 7.05 Å². The molecule has 2 aromatic heterocycles. The molecule has 4 aromatic rings. The van der Waals surface area contributed by atoms with E-state index in [4.69, 9.17) is 4.42 Å². The van der Waals surface area contributed by atoms with Gasteiger partial charge in [0.15, 0.2) is 11.0 Å². The third kappa shape index (κ3) is 3.76. The van der Waals surface area contributed by atoms with Gasteiger partial charge in [0.25, 0.3) is 0 Å². The maximum Gasteiger partial charge on any atom is 0.247 e. The molecule has 1 N–H and O–H groups in total. The molecule has 4 rings (SSSR count). The van der Waals surface area contributed by atoms with Crippen LogP contribution in [-0.4, -0.2) is 30.1 Å². The average molecular weight is 379 g/mol. The Morgan fingerprint density at radius 2 is 1.67 bits per heavy atom. The normalized spacial score (nSPS) is 12.2. The quantitative estimate of drug-likeness (QED) is 0.514. The first-order valence-electron chi connectivity index (χ1n) is 8.35. The zero-order valence-corrected chi connectivity index (χ0v) is 15.4. The van der Waals surface area contributed by atoms with E-state index in [0.29, 0.717) is 28.5 Å². The van der Waals surface area contributed by atoms with Crippen molar-refractivity contribution in [3.8, 4) is 11.5 Å². The van der Waals surface area contributed by atoms with Crippen molar-refractivity contribution in [2.45, 2.75) is 17.0 Å². The Morgan fingerprint density at radius 1 is 0.963 bits per heavy atom. The van der Waals surface area contributed by atoms with E-state index in [0.717, 1.165) is 11.1 Å². The van der Waals surface area contributed by atoms with Gasteiger partial charge in [-0.15, -0.1) is 20.4 Å². The summed E-state index contributed by atoms with van der Waals surface area (Å²) < 4.78 is 7.48. The number of aliphatic hydroxyl groups excluding tert-OH is 1. The van der Waals surface area contributed by atoms with E-state index in [-0.39, 0.29) is 0 Å². The first-order valence-corrected chi connectivity index (χ1v) is 9.34. The summed E-state index contributed by atoms with van der Waals surface area (Å²) in [4.78, 5) is 0. The van der Waals surface area contributed by atoms with Crippen molar-refractivity contribution in [3.05, 3.63) is 77.9 Å². The van der Waals surface area contributed by atoms with Crippen LogP contribution in [0.3, 0.4) is 0 Å². The van der Waals surface area contributed by atoms with Gasteiger partial charge >= 0.3 is 0 Å². The first kappa shape index (κ1) is 17.4. The Bertz CT molecular complexity index is 1020. The number of nitrogens with zero attached hydrogens (tertiary/aromatic N) is 5. The summed E-state index contributed by atoms with van der Waals surface area (Å²) in [6.45, 7) is 0. The van der Waals surface area contributed by atoms with Gasteiger partial charge < -0.3 is 14.1 Å². The van der Waals surface area contributed by atoms with Crippen LogP contribution in [0.25, 0.3) is 11.5 Å². The van der Waals surface area contributed by atoms with Gasteiger partial charge in [-0.1, -0.05) is 60.3 Å². The van der Waals surface area contributed by atoms with Crippen molar-refractivity contribution < 1.29 is 9.52 Å². The highest BCUT2D eigenvalue weighted by atomic mass is 32.2. The predicted octanol–water partition coefficient (Wildman–Crippen LogP) is 3.24. The fourth-order valence-corrected chi connectivity index (χ4v) is 3.36. The molecule has 0 aliphatic carbocycles. The van der Waals surface area contributed by atoms with E-state index in [1.165, 1.54) is 11.8 Å². The molecule has 27 heavy (non-hydrogen) atoms. The van der Waals surface area contributed by atoms with Crippen LogP contribution in [0.5, 0.6) is 0 Å². The molecule has 1 atom stereocenters. The van der Waals surface area contributed by atoms with Gasteiger partial charge in [-0.05, 0) is 17.7 Å². The minimum absolute atomic E-state index is 0.466. The first-order chi connectivity index (χ1) is 13.2. The Kier molecular flexibility index (Phi) is 4.99. The zero-order chi connectivity index (χ0) is 18.6. The van der Waals surface area contributed by atoms with Crippen LogP contribution in [0, 0.1) is 0 Å². The molecule has 2 heterocycles. The second kappa shape index (κ2) is 7.73. The Balaban J connectivity index is 1.45. The minimum Gasteiger partial charge on any atom is -0.420 e. The molecule has 0 aliphatic rings. The fourth-order valence-electron chi connectivity index (χ4n) is 2.61. The standard InChI is InChI=1S/C19H17N5O2S/c1-24-17(16(25)13-8-4-2-5-9-13)21-23-19(24)27-12-15-20-22-18(26-15)14-10-6-3-7-11-14/h2-11,16,25H,12H2,1H3. The fraction of sp³-hybridized carbons (Fsp3) is 0.158. The molecule has 1 unspecified atom stereocenters. The van der Waals surface area contributed by atoms with Crippen LogP contribution in [0.15, 0.2) is 70.2 Å². The molecular formula is C19H17N5O2S. The number of aliphatic hydroxyl groups is 1. The topological polar surface area (TPSA) is 89.9 Å². The lowest BCUT2D eigenvalue weighted by atomic mass is 10.1. The third-order valence-electron chi connectivity index (χ3n) is 4.04. The number of hydrogen-bond donors (Lipinski definition) is 1. The molecule has 0 radical (unpaired) electrons. The number of thioether (sulfide) groups is 1. The summed E-state index contributed by atoms with van der Waals surface area (Å²) in [6.07, 6.45) is -0.828. The second-order valence-electron chi connectivity index (χ2n) is 5.87. The highest BCUT2D eigenvalue weighted by Crippen LogP contribution is 2.26. The lowest BCUT2D eigenvalue weighted by Gasteiger charge is -2.10. The predicted molar refractivity (Wildman–Crippen MR) is 101 cm³/mol. The number of benzene rings is 2. The molecular weight excluding hydrogens is 362 g/mol. The summed E-state index contributed by atoms with van der Waals surface area (Å²) in [5, 5.41) is 27.7. The Labute approximate surface area is 160 Å². The van der Waals surface area contributed by atoms with Gasteiger partial charge in [-0.25, -0.2) is 0 Å². The van der Waals surface area contributed by atoms with Gasteiger partial charge in [0.1, 0.15) is 6.10 Å². The number of aromatic nitrogens is 5. The zero-order valence-electron chi connectivity index (χ0n) is 14.6. The molecule has 0 saturated heterocycles. The maximum absolute atomic E-state index is 10.5. The summed E-state index contributed by atoms with van der Waals surface area (Å²) in [5.41, 5.74) is 1.65. The van der Waals surface area contributed by atoms with E-state index in [1.807, 2.05) is 67.7 Å². The van der Waals surface area contributed by atoms with E-state index in [9.17, 15) is 5.11 Å². The van der Waals surface area contributed by atoms with E-state index >= 15 is 0 Å². The summed E-state index contributed by atoms with van der Waals surface area (Å²) >= 11 is 1.42. The minimum atomic E-state index is -0.828. The highest BCUT2D eigenvalue weighted by Gasteiger charge is 2.19. The third-order valence-corrected chi connectivity index (χ3v) is 5.05. The smallest absolute Gasteiger partial charge is 0.247 e. The SMILES string of the molecule is Cn1c(SCc2nnc(-c3ccccc3)o2)nnc1C(O)c1ccccc1. The molecule has 7 nitrogen and oxygen atoms in total. The Hall–Kier alpha value is -2.97. The van der Waals surface area contributed by atoms with E-state index < -0.39 is 6.10 Å². The number of rotatable bonds is 6. The molecule has 0 fully saturated rings. The van der Waals surface area contributed by atoms with Crippen molar-refractivity contribution in [1.82, 2.24) is 25.0 Å². The molecule has 136 valence electrons. The van der Waals surface area contributed by atoms with Crippen LogP contribution >= 0.6 is 11.8 Å².